The molecule has 0 aliphatic heterocycles. The van der Waals surface area contributed by atoms with Crippen LogP contribution in [0.1, 0.15) is 29.8 Å². The van der Waals surface area contributed by atoms with E-state index in [1.807, 2.05) is 38.1 Å². The fourth-order valence-corrected chi connectivity index (χ4v) is 2.76. The molecule has 170 valence electrons. The molecule has 0 aromatic heterocycles. The summed E-state index contributed by atoms with van der Waals surface area (Å²) in [7, 11) is 4.46. The van der Waals surface area contributed by atoms with Gasteiger partial charge < -0.3 is 29.6 Å². The highest BCUT2D eigenvalue weighted by molar-refractivity contribution is 14.0. The van der Waals surface area contributed by atoms with E-state index in [9.17, 15) is 4.79 Å². The van der Waals surface area contributed by atoms with E-state index in [0.29, 0.717) is 48.5 Å². The number of guanidine groups is 1. The number of carbonyl (C=O) groups is 1. The summed E-state index contributed by atoms with van der Waals surface area (Å²) in [6, 6.07) is 10.9. The molecule has 2 N–H and O–H groups in total. The minimum Gasteiger partial charge on any atom is -0.496 e. The van der Waals surface area contributed by atoms with Crippen molar-refractivity contribution in [3.8, 4) is 17.2 Å². The lowest BCUT2D eigenvalue weighted by molar-refractivity contribution is 0.0597. The molecule has 2 aromatic carbocycles. The number of rotatable bonds is 9. The van der Waals surface area contributed by atoms with Gasteiger partial charge in [0.1, 0.15) is 11.3 Å². The first kappa shape index (κ1) is 26.3. The Balaban J connectivity index is 0.00000480. The summed E-state index contributed by atoms with van der Waals surface area (Å²) in [6.45, 7) is 5.49. The maximum atomic E-state index is 12.0. The third-order valence-corrected chi connectivity index (χ3v) is 4.16. The maximum Gasteiger partial charge on any atom is 0.341 e. The summed E-state index contributed by atoms with van der Waals surface area (Å²) in [5.74, 6) is 1.92. The molecule has 0 spiro atoms. The minimum atomic E-state index is -0.454. The number of esters is 1. The van der Waals surface area contributed by atoms with Crippen molar-refractivity contribution in [3.05, 3.63) is 47.5 Å². The standard InChI is InChI=1S/C22H29N3O5.HI/c1-6-23-22(25-16-9-11-19(28-4)20(13-16)30-7-2)24-14-15-8-10-18(27-3)17(12-15)21(26)29-5;/h8-13H,6-7,14H2,1-5H3,(H2,23,24,25);1H. The van der Waals surface area contributed by atoms with Crippen LogP contribution >= 0.6 is 24.0 Å². The smallest absolute Gasteiger partial charge is 0.341 e. The van der Waals surface area contributed by atoms with E-state index in [4.69, 9.17) is 18.9 Å². The average molecular weight is 543 g/mol. The van der Waals surface area contributed by atoms with Crippen LogP contribution < -0.4 is 24.8 Å². The molecule has 0 saturated carbocycles. The van der Waals surface area contributed by atoms with E-state index in [2.05, 4.69) is 15.6 Å². The quantitative estimate of drug-likeness (QED) is 0.213. The van der Waals surface area contributed by atoms with Crippen molar-refractivity contribution in [2.45, 2.75) is 20.4 Å². The lowest BCUT2D eigenvalue weighted by Gasteiger charge is -2.14. The highest BCUT2D eigenvalue weighted by Gasteiger charge is 2.13. The van der Waals surface area contributed by atoms with Crippen molar-refractivity contribution in [1.82, 2.24) is 5.32 Å². The van der Waals surface area contributed by atoms with Gasteiger partial charge in [0.05, 0.1) is 34.5 Å². The van der Waals surface area contributed by atoms with E-state index < -0.39 is 5.97 Å². The van der Waals surface area contributed by atoms with Crippen LogP contribution in [0.3, 0.4) is 0 Å². The summed E-state index contributed by atoms with van der Waals surface area (Å²) < 4.78 is 21.0. The summed E-state index contributed by atoms with van der Waals surface area (Å²) in [5.41, 5.74) is 2.02. The Morgan fingerprint density at radius 3 is 2.29 bits per heavy atom. The molecule has 0 bridgehead atoms. The lowest BCUT2D eigenvalue weighted by Crippen LogP contribution is -2.30. The second-order valence-corrected chi connectivity index (χ2v) is 6.15. The SMILES string of the molecule is CCNC(=NCc1ccc(OC)c(C(=O)OC)c1)Nc1ccc(OC)c(OCC)c1.I. The number of aliphatic imine (C=N–C) groups is 1. The molecule has 0 unspecified atom stereocenters. The molecule has 0 amide bonds. The third-order valence-electron chi connectivity index (χ3n) is 4.16. The molecule has 0 aliphatic rings. The van der Waals surface area contributed by atoms with Gasteiger partial charge in [-0.3, -0.25) is 0 Å². The Morgan fingerprint density at radius 1 is 0.968 bits per heavy atom. The maximum absolute atomic E-state index is 12.0. The Morgan fingerprint density at radius 2 is 1.68 bits per heavy atom. The topological polar surface area (TPSA) is 90.4 Å². The Labute approximate surface area is 200 Å². The number of nitrogens with one attached hydrogen (secondary N) is 2. The number of carbonyl (C=O) groups excluding carboxylic acids is 1. The predicted octanol–water partition coefficient (Wildman–Crippen LogP) is 4.08. The van der Waals surface area contributed by atoms with E-state index >= 15 is 0 Å². The van der Waals surface area contributed by atoms with E-state index in [1.54, 1.807) is 19.2 Å². The van der Waals surface area contributed by atoms with Gasteiger partial charge in [-0.15, -0.1) is 24.0 Å². The van der Waals surface area contributed by atoms with E-state index in [-0.39, 0.29) is 24.0 Å². The van der Waals surface area contributed by atoms with Gasteiger partial charge in [-0.05, 0) is 43.7 Å². The number of hydrogen-bond acceptors (Lipinski definition) is 6. The molecule has 0 fully saturated rings. The molecule has 0 heterocycles. The Hall–Kier alpha value is -2.69. The van der Waals surface area contributed by atoms with Crippen LogP contribution in [-0.4, -0.2) is 46.4 Å². The van der Waals surface area contributed by atoms with Gasteiger partial charge in [0.15, 0.2) is 17.5 Å². The minimum absolute atomic E-state index is 0. The van der Waals surface area contributed by atoms with Crippen LogP contribution in [0.25, 0.3) is 0 Å². The number of nitrogens with zero attached hydrogens (tertiary/aromatic N) is 1. The monoisotopic (exact) mass is 543 g/mol. The highest BCUT2D eigenvalue weighted by Crippen LogP contribution is 2.30. The number of anilines is 1. The molecular formula is C22H30IN3O5. The number of benzene rings is 2. The Kier molecular flexibility index (Phi) is 11.5. The molecule has 8 nitrogen and oxygen atoms in total. The van der Waals surface area contributed by atoms with Crippen LogP contribution in [0.4, 0.5) is 5.69 Å². The van der Waals surface area contributed by atoms with E-state index in [0.717, 1.165) is 11.3 Å². The van der Waals surface area contributed by atoms with Crippen LogP contribution in [0, 0.1) is 0 Å². The largest absolute Gasteiger partial charge is 0.496 e. The number of halogens is 1. The first-order chi connectivity index (χ1) is 14.6. The first-order valence-electron chi connectivity index (χ1n) is 9.67. The van der Waals surface area contributed by atoms with Crippen molar-refractivity contribution in [2.75, 3.05) is 39.8 Å². The summed E-state index contributed by atoms with van der Waals surface area (Å²) in [5, 5.41) is 6.46. The van der Waals surface area contributed by atoms with Gasteiger partial charge in [-0.1, -0.05) is 6.07 Å². The van der Waals surface area contributed by atoms with Crippen LogP contribution in [0.5, 0.6) is 17.2 Å². The average Bonchev–Trinajstić information content (AvgIpc) is 2.77. The molecule has 9 heteroatoms. The van der Waals surface area contributed by atoms with Crippen LogP contribution in [0.2, 0.25) is 0 Å². The Bertz CT molecular complexity index is 889. The summed E-state index contributed by atoms with van der Waals surface area (Å²) in [6.07, 6.45) is 0. The fourth-order valence-electron chi connectivity index (χ4n) is 2.76. The van der Waals surface area contributed by atoms with Gasteiger partial charge in [-0.2, -0.15) is 0 Å². The molecule has 31 heavy (non-hydrogen) atoms. The molecule has 0 atom stereocenters. The van der Waals surface area contributed by atoms with E-state index in [1.165, 1.54) is 14.2 Å². The normalized spacial score (nSPS) is 10.5. The van der Waals surface area contributed by atoms with Crippen molar-refractivity contribution < 1.29 is 23.7 Å². The van der Waals surface area contributed by atoms with Gasteiger partial charge in [-0.25, -0.2) is 9.79 Å². The fraction of sp³-hybridized carbons (Fsp3) is 0.364. The first-order valence-corrected chi connectivity index (χ1v) is 9.67. The molecule has 0 radical (unpaired) electrons. The molecular weight excluding hydrogens is 513 g/mol. The van der Waals surface area contributed by atoms with Crippen molar-refractivity contribution in [1.29, 1.82) is 0 Å². The number of ether oxygens (including phenoxy) is 4. The summed E-state index contributed by atoms with van der Waals surface area (Å²) >= 11 is 0. The van der Waals surface area contributed by atoms with Crippen molar-refractivity contribution in [2.24, 2.45) is 4.99 Å². The van der Waals surface area contributed by atoms with Crippen LogP contribution in [0.15, 0.2) is 41.4 Å². The van der Waals surface area contributed by atoms with Gasteiger partial charge >= 0.3 is 5.97 Å². The second-order valence-electron chi connectivity index (χ2n) is 6.15. The van der Waals surface area contributed by atoms with Crippen molar-refractivity contribution in [3.63, 3.8) is 0 Å². The third kappa shape index (κ3) is 7.50. The van der Waals surface area contributed by atoms with Crippen molar-refractivity contribution >= 4 is 41.6 Å². The second kappa shape index (κ2) is 13.6. The number of methoxy groups -OCH3 is 3. The lowest BCUT2D eigenvalue weighted by atomic mass is 10.1. The molecule has 0 aliphatic carbocycles. The highest BCUT2D eigenvalue weighted by atomic mass is 127. The zero-order valence-electron chi connectivity index (χ0n) is 18.5. The molecule has 2 aromatic rings. The van der Waals surface area contributed by atoms with Gasteiger partial charge in [0, 0.05) is 18.3 Å². The number of hydrogen-bond donors (Lipinski definition) is 2. The zero-order chi connectivity index (χ0) is 21.9. The molecule has 0 saturated heterocycles. The summed E-state index contributed by atoms with van der Waals surface area (Å²) in [4.78, 5) is 16.6. The predicted molar refractivity (Wildman–Crippen MR) is 132 cm³/mol. The zero-order valence-corrected chi connectivity index (χ0v) is 20.8. The van der Waals surface area contributed by atoms with Gasteiger partial charge in [0.2, 0.25) is 0 Å². The molecule has 2 rings (SSSR count). The van der Waals surface area contributed by atoms with Gasteiger partial charge in [0.25, 0.3) is 0 Å². The van der Waals surface area contributed by atoms with Crippen LogP contribution in [-0.2, 0) is 11.3 Å².